The Labute approximate surface area is 104 Å². The van der Waals surface area contributed by atoms with Crippen molar-refractivity contribution >= 4 is 17.3 Å². The molecule has 0 aliphatic carbocycles. The van der Waals surface area contributed by atoms with Crippen LogP contribution in [0.5, 0.6) is 0 Å². The van der Waals surface area contributed by atoms with Gasteiger partial charge in [0.25, 0.3) is 0 Å². The van der Waals surface area contributed by atoms with E-state index in [1.54, 1.807) is 6.07 Å². The van der Waals surface area contributed by atoms with Crippen molar-refractivity contribution < 1.29 is 8.81 Å². The predicted octanol–water partition coefficient (Wildman–Crippen LogP) is 4.25. The quantitative estimate of drug-likeness (QED) is 0.881. The lowest BCUT2D eigenvalue weighted by atomic mass is 10.3. The van der Waals surface area contributed by atoms with Crippen molar-refractivity contribution in [3.8, 4) is 0 Å². The Bertz CT molecular complexity index is 490. The zero-order chi connectivity index (χ0) is 12.3. The molecule has 0 atom stereocenters. The Morgan fingerprint density at radius 2 is 2.00 bits per heavy atom. The molecule has 0 aliphatic rings. The van der Waals surface area contributed by atoms with Crippen molar-refractivity contribution in [1.29, 1.82) is 0 Å². The van der Waals surface area contributed by atoms with E-state index in [4.69, 9.17) is 16.0 Å². The third-order valence-electron chi connectivity index (χ3n) is 2.40. The molecule has 0 unspecified atom stereocenters. The molecule has 0 radical (unpaired) electrons. The third kappa shape index (κ3) is 3.24. The fourth-order valence-corrected chi connectivity index (χ4v) is 1.77. The molecule has 0 aliphatic heterocycles. The highest BCUT2D eigenvalue weighted by atomic mass is 35.5. The molecule has 17 heavy (non-hydrogen) atoms. The largest absolute Gasteiger partial charge is 0.464 e. The smallest absolute Gasteiger partial charge is 0.126 e. The summed E-state index contributed by atoms with van der Waals surface area (Å²) in [6, 6.07) is 8.20. The fourth-order valence-electron chi connectivity index (χ4n) is 1.55. The third-order valence-corrected chi connectivity index (χ3v) is 2.61. The number of furan rings is 1. The summed E-state index contributed by atoms with van der Waals surface area (Å²) in [4.78, 5) is 0. The molecular formula is C13H13ClFNO. The Balaban J connectivity index is 2.01. The summed E-state index contributed by atoms with van der Waals surface area (Å²) in [5.41, 5.74) is 0.643. The maximum absolute atomic E-state index is 13.1. The minimum atomic E-state index is -0.353. The zero-order valence-electron chi connectivity index (χ0n) is 9.47. The molecule has 0 fully saturated rings. The van der Waals surface area contributed by atoms with E-state index in [-0.39, 0.29) is 5.82 Å². The van der Waals surface area contributed by atoms with Crippen LogP contribution in [0.25, 0.3) is 0 Å². The topological polar surface area (TPSA) is 25.2 Å². The average Bonchev–Trinajstić information content (AvgIpc) is 2.73. The summed E-state index contributed by atoms with van der Waals surface area (Å²) in [5.74, 6) is 1.41. The zero-order valence-corrected chi connectivity index (χ0v) is 10.2. The van der Waals surface area contributed by atoms with E-state index < -0.39 is 0 Å². The summed E-state index contributed by atoms with van der Waals surface area (Å²) in [5, 5.41) is 3.44. The van der Waals surface area contributed by atoms with Gasteiger partial charge in [-0.15, -0.1) is 0 Å². The van der Waals surface area contributed by atoms with Gasteiger partial charge < -0.3 is 9.73 Å². The van der Waals surface area contributed by atoms with Crippen LogP contribution in [0.2, 0.25) is 5.02 Å². The Kier molecular flexibility index (Phi) is 3.69. The van der Waals surface area contributed by atoms with Gasteiger partial charge in [0.15, 0.2) is 0 Å². The van der Waals surface area contributed by atoms with Gasteiger partial charge in [0.2, 0.25) is 0 Å². The highest BCUT2D eigenvalue weighted by Gasteiger charge is 2.02. The molecule has 2 aromatic rings. The molecule has 0 spiro atoms. The maximum Gasteiger partial charge on any atom is 0.126 e. The van der Waals surface area contributed by atoms with Gasteiger partial charge in [-0.1, -0.05) is 18.5 Å². The summed E-state index contributed by atoms with van der Waals surface area (Å²) >= 11 is 5.75. The van der Waals surface area contributed by atoms with Gasteiger partial charge in [0.1, 0.15) is 17.3 Å². The van der Waals surface area contributed by atoms with E-state index in [0.717, 1.165) is 17.9 Å². The number of nitrogens with one attached hydrogen (secondary N) is 1. The van der Waals surface area contributed by atoms with Crippen LogP contribution in [0.3, 0.4) is 0 Å². The van der Waals surface area contributed by atoms with Crippen LogP contribution in [0.15, 0.2) is 34.7 Å². The standard InChI is InChI=1S/C13H13ClFNO/c1-2-12-3-4-13(17-12)8-16-11-6-9(14)5-10(15)7-11/h3-7,16H,2,8H2,1H3. The Morgan fingerprint density at radius 1 is 1.24 bits per heavy atom. The number of aryl methyl sites for hydroxylation is 1. The summed E-state index contributed by atoms with van der Waals surface area (Å²) < 4.78 is 18.6. The van der Waals surface area contributed by atoms with Gasteiger partial charge in [0.05, 0.1) is 6.54 Å². The number of hydrogen-bond donors (Lipinski definition) is 1. The van der Waals surface area contributed by atoms with Gasteiger partial charge >= 0.3 is 0 Å². The van der Waals surface area contributed by atoms with Crippen LogP contribution < -0.4 is 5.32 Å². The van der Waals surface area contributed by atoms with Gasteiger partial charge in [-0.05, 0) is 30.3 Å². The van der Waals surface area contributed by atoms with E-state index in [9.17, 15) is 4.39 Å². The molecule has 2 rings (SSSR count). The first kappa shape index (κ1) is 12.0. The van der Waals surface area contributed by atoms with Gasteiger partial charge in [-0.2, -0.15) is 0 Å². The first-order valence-corrected chi connectivity index (χ1v) is 5.82. The van der Waals surface area contributed by atoms with Gasteiger partial charge in [0, 0.05) is 17.1 Å². The van der Waals surface area contributed by atoms with E-state index in [1.165, 1.54) is 12.1 Å². The van der Waals surface area contributed by atoms with Gasteiger partial charge in [-0.3, -0.25) is 0 Å². The minimum absolute atomic E-state index is 0.353. The van der Waals surface area contributed by atoms with Crippen molar-refractivity contribution in [2.24, 2.45) is 0 Å². The lowest BCUT2D eigenvalue weighted by Crippen LogP contribution is -1.98. The Morgan fingerprint density at radius 3 is 2.65 bits per heavy atom. The number of anilines is 1. The Hall–Kier alpha value is -1.48. The van der Waals surface area contributed by atoms with Crippen molar-refractivity contribution in [1.82, 2.24) is 0 Å². The summed E-state index contributed by atoms with van der Waals surface area (Å²) in [6.07, 6.45) is 0.867. The molecule has 0 amide bonds. The molecule has 1 aromatic heterocycles. The number of hydrogen-bond acceptors (Lipinski definition) is 2. The number of rotatable bonds is 4. The van der Waals surface area contributed by atoms with Crippen LogP contribution in [0, 0.1) is 5.82 Å². The van der Waals surface area contributed by atoms with E-state index in [2.05, 4.69) is 5.32 Å². The van der Waals surface area contributed by atoms with Crippen LogP contribution in [0.1, 0.15) is 18.4 Å². The summed E-state index contributed by atoms with van der Waals surface area (Å²) in [6.45, 7) is 2.54. The highest BCUT2D eigenvalue weighted by Crippen LogP contribution is 2.19. The number of halogens is 2. The van der Waals surface area contributed by atoms with Crippen LogP contribution in [0.4, 0.5) is 10.1 Å². The second kappa shape index (κ2) is 5.23. The van der Waals surface area contributed by atoms with Crippen molar-refractivity contribution in [3.63, 3.8) is 0 Å². The van der Waals surface area contributed by atoms with Crippen LogP contribution in [-0.4, -0.2) is 0 Å². The molecule has 0 saturated heterocycles. The van der Waals surface area contributed by atoms with Crippen molar-refractivity contribution in [3.05, 3.63) is 52.7 Å². The average molecular weight is 254 g/mol. The lowest BCUT2D eigenvalue weighted by molar-refractivity contribution is 0.476. The first-order chi connectivity index (χ1) is 8.17. The molecule has 0 saturated carbocycles. The van der Waals surface area contributed by atoms with E-state index >= 15 is 0 Å². The van der Waals surface area contributed by atoms with E-state index in [0.29, 0.717) is 17.3 Å². The molecule has 2 nitrogen and oxygen atoms in total. The SMILES string of the molecule is CCc1ccc(CNc2cc(F)cc(Cl)c2)o1. The second-order valence-electron chi connectivity index (χ2n) is 3.73. The van der Waals surface area contributed by atoms with Crippen LogP contribution >= 0.6 is 11.6 Å². The normalized spacial score (nSPS) is 10.5. The van der Waals surface area contributed by atoms with Crippen molar-refractivity contribution in [2.45, 2.75) is 19.9 Å². The summed E-state index contributed by atoms with van der Waals surface area (Å²) in [7, 11) is 0. The predicted molar refractivity (Wildman–Crippen MR) is 66.8 cm³/mol. The molecule has 1 aromatic carbocycles. The molecule has 90 valence electrons. The fraction of sp³-hybridized carbons (Fsp3) is 0.231. The molecule has 0 bridgehead atoms. The first-order valence-electron chi connectivity index (χ1n) is 5.45. The molecule has 4 heteroatoms. The maximum atomic E-state index is 13.1. The molecular weight excluding hydrogens is 241 g/mol. The number of benzene rings is 1. The van der Waals surface area contributed by atoms with Crippen molar-refractivity contribution in [2.75, 3.05) is 5.32 Å². The van der Waals surface area contributed by atoms with Gasteiger partial charge in [-0.25, -0.2) is 4.39 Å². The molecule has 1 N–H and O–H groups in total. The van der Waals surface area contributed by atoms with Crippen LogP contribution in [-0.2, 0) is 13.0 Å². The van der Waals surface area contributed by atoms with E-state index in [1.807, 2.05) is 19.1 Å². The minimum Gasteiger partial charge on any atom is -0.464 e. The monoisotopic (exact) mass is 253 g/mol. The second-order valence-corrected chi connectivity index (χ2v) is 4.17. The molecule has 1 heterocycles. The highest BCUT2D eigenvalue weighted by molar-refractivity contribution is 6.30. The lowest BCUT2D eigenvalue weighted by Gasteiger charge is -2.05.